The van der Waals surface area contributed by atoms with Crippen LogP contribution in [0.15, 0.2) is 24.3 Å². The van der Waals surface area contributed by atoms with Gasteiger partial charge in [-0.15, -0.1) is 0 Å². The average Bonchev–Trinajstić information content (AvgIpc) is 2.65. The molecule has 0 radical (unpaired) electrons. The van der Waals surface area contributed by atoms with E-state index in [2.05, 4.69) is 23.9 Å². The van der Waals surface area contributed by atoms with E-state index >= 15 is 0 Å². The van der Waals surface area contributed by atoms with Gasteiger partial charge in [0.15, 0.2) is 0 Å². The third-order valence-corrected chi connectivity index (χ3v) is 5.96. The zero-order chi connectivity index (χ0) is 22.6. The lowest BCUT2D eigenvalue weighted by molar-refractivity contribution is -0.131. The van der Waals surface area contributed by atoms with Gasteiger partial charge in [0.1, 0.15) is 0 Å². The van der Waals surface area contributed by atoms with Crippen molar-refractivity contribution < 1.29 is 18.0 Å². The maximum absolute atomic E-state index is 12.2. The summed E-state index contributed by atoms with van der Waals surface area (Å²) >= 11 is 0. The number of sulfonamides is 1. The molecule has 2 amide bonds. The Morgan fingerprint density at radius 2 is 1.53 bits per heavy atom. The maximum Gasteiger partial charge on any atom is 0.222 e. The summed E-state index contributed by atoms with van der Waals surface area (Å²) < 4.78 is 26.5. The van der Waals surface area contributed by atoms with Crippen LogP contribution in [-0.2, 0) is 31.9 Å². The van der Waals surface area contributed by atoms with Gasteiger partial charge in [0.2, 0.25) is 21.8 Å². The molecule has 1 aromatic carbocycles. The molecule has 0 fully saturated rings. The van der Waals surface area contributed by atoms with Gasteiger partial charge in [0.05, 0.1) is 5.75 Å². The van der Waals surface area contributed by atoms with Crippen molar-refractivity contribution in [3.05, 3.63) is 35.4 Å². The van der Waals surface area contributed by atoms with Crippen LogP contribution >= 0.6 is 0 Å². The van der Waals surface area contributed by atoms with Crippen LogP contribution in [0.4, 0.5) is 0 Å². The fourth-order valence-electron chi connectivity index (χ4n) is 3.12. The van der Waals surface area contributed by atoms with Crippen LogP contribution in [-0.4, -0.2) is 44.3 Å². The Morgan fingerprint density at radius 1 is 0.967 bits per heavy atom. The normalized spacial score (nSPS) is 11.5. The summed E-state index contributed by atoms with van der Waals surface area (Å²) in [6, 6.07) is 7.02. The van der Waals surface area contributed by atoms with E-state index in [-0.39, 0.29) is 23.6 Å². The minimum Gasteiger partial charge on any atom is -0.352 e. The molecule has 0 saturated carbocycles. The summed E-state index contributed by atoms with van der Waals surface area (Å²) in [5.41, 5.74) is 1.59. The minimum absolute atomic E-state index is 0.0705. The summed E-state index contributed by atoms with van der Waals surface area (Å²) in [7, 11) is -3.35. The molecule has 170 valence electrons. The van der Waals surface area contributed by atoms with Crippen molar-refractivity contribution in [2.24, 2.45) is 0 Å². The highest BCUT2D eigenvalue weighted by Gasteiger charge is 2.14. The lowest BCUT2D eigenvalue weighted by atomic mass is 10.1. The summed E-state index contributed by atoms with van der Waals surface area (Å²) in [6.07, 6.45) is 3.11. The van der Waals surface area contributed by atoms with Crippen LogP contribution < -0.4 is 10.0 Å². The van der Waals surface area contributed by atoms with Crippen molar-refractivity contribution in [3.63, 3.8) is 0 Å². The number of amides is 2. The fraction of sp³-hybridized carbons (Fsp3) is 0.636. The number of nitrogens with one attached hydrogen (secondary N) is 2. The molecule has 0 aliphatic carbocycles. The van der Waals surface area contributed by atoms with E-state index in [0.717, 1.165) is 31.5 Å². The van der Waals surface area contributed by atoms with E-state index in [1.807, 2.05) is 17.0 Å². The Kier molecular flexibility index (Phi) is 11.7. The molecule has 30 heavy (non-hydrogen) atoms. The fourth-order valence-corrected chi connectivity index (χ4v) is 4.55. The molecule has 2 N–H and O–H groups in total. The van der Waals surface area contributed by atoms with Gasteiger partial charge in [-0.3, -0.25) is 9.59 Å². The monoisotopic (exact) mass is 439 g/mol. The zero-order valence-corrected chi connectivity index (χ0v) is 19.6. The molecule has 0 aliphatic rings. The molecule has 0 bridgehead atoms. The van der Waals surface area contributed by atoms with Gasteiger partial charge in [-0.2, -0.15) is 0 Å². The third-order valence-electron chi connectivity index (χ3n) is 4.42. The van der Waals surface area contributed by atoms with Crippen molar-refractivity contribution in [2.75, 3.05) is 13.1 Å². The van der Waals surface area contributed by atoms with Crippen LogP contribution in [0.5, 0.6) is 0 Å². The molecule has 0 atom stereocenters. The van der Waals surface area contributed by atoms with E-state index in [4.69, 9.17) is 0 Å². The van der Waals surface area contributed by atoms with Gasteiger partial charge in [0, 0.05) is 38.5 Å². The van der Waals surface area contributed by atoms with E-state index in [9.17, 15) is 18.0 Å². The molecule has 0 unspecified atom stereocenters. The van der Waals surface area contributed by atoms with Crippen LogP contribution in [0.3, 0.4) is 0 Å². The van der Waals surface area contributed by atoms with Crippen molar-refractivity contribution in [3.8, 4) is 0 Å². The second-order valence-corrected chi connectivity index (χ2v) is 9.61. The van der Waals surface area contributed by atoms with Crippen LogP contribution in [0.1, 0.15) is 70.9 Å². The lowest BCUT2D eigenvalue weighted by Crippen LogP contribution is -2.32. The van der Waals surface area contributed by atoms with Gasteiger partial charge >= 0.3 is 0 Å². The molecule has 0 spiro atoms. The highest BCUT2D eigenvalue weighted by Crippen LogP contribution is 2.09. The smallest absolute Gasteiger partial charge is 0.222 e. The van der Waals surface area contributed by atoms with E-state index in [1.165, 1.54) is 0 Å². The van der Waals surface area contributed by atoms with E-state index in [0.29, 0.717) is 31.4 Å². The average molecular weight is 440 g/mol. The minimum atomic E-state index is -3.35. The Labute approximate surface area is 181 Å². The summed E-state index contributed by atoms with van der Waals surface area (Å²) in [4.78, 5) is 26.1. The van der Waals surface area contributed by atoms with E-state index < -0.39 is 10.0 Å². The first kappa shape index (κ1) is 26.1. The number of rotatable bonds is 14. The van der Waals surface area contributed by atoms with Gasteiger partial charge in [-0.25, -0.2) is 13.1 Å². The van der Waals surface area contributed by atoms with Crippen molar-refractivity contribution >= 4 is 21.8 Å². The third kappa shape index (κ3) is 10.7. The van der Waals surface area contributed by atoms with Crippen molar-refractivity contribution in [1.29, 1.82) is 0 Å². The molecular weight excluding hydrogens is 402 g/mol. The first-order valence-electron chi connectivity index (χ1n) is 10.8. The Morgan fingerprint density at radius 3 is 2.07 bits per heavy atom. The van der Waals surface area contributed by atoms with Crippen LogP contribution in [0.25, 0.3) is 0 Å². The predicted molar refractivity (Wildman–Crippen MR) is 120 cm³/mol. The standard InChI is InChI=1S/C22H37N3O4S/c1-5-14-25(15-6-2)22(27)9-7-8-21(26)23-16-19-10-12-20(13-11-19)17-30(28,29)24-18(3)4/h10-13,18,24H,5-9,14-17H2,1-4H3,(H,23,26). The van der Waals surface area contributed by atoms with Gasteiger partial charge < -0.3 is 10.2 Å². The maximum atomic E-state index is 12.2. The van der Waals surface area contributed by atoms with Gasteiger partial charge in [-0.05, 0) is 44.2 Å². The topological polar surface area (TPSA) is 95.6 Å². The number of carbonyl (C=O) groups is 2. The SMILES string of the molecule is CCCN(CCC)C(=O)CCCC(=O)NCc1ccc(CS(=O)(=O)NC(C)C)cc1. The molecule has 7 nitrogen and oxygen atoms in total. The summed E-state index contributed by atoms with van der Waals surface area (Å²) in [6.45, 7) is 9.58. The molecule has 0 heterocycles. The molecule has 1 aromatic rings. The van der Waals surface area contributed by atoms with Gasteiger partial charge in [-0.1, -0.05) is 38.1 Å². The van der Waals surface area contributed by atoms with Gasteiger partial charge in [0.25, 0.3) is 0 Å². The number of benzene rings is 1. The molecule has 0 aromatic heterocycles. The molecule has 1 rings (SSSR count). The predicted octanol–water partition coefficient (Wildman–Crippen LogP) is 2.95. The largest absolute Gasteiger partial charge is 0.352 e. The first-order valence-corrected chi connectivity index (χ1v) is 12.4. The molecule has 0 saturated heterocycles. The van der Waals surface area contributed by atoms with Crippen LogP contribution in [0, 0.1) is 0 Å². The molecule has 8 heteroatoms. The highest BCUT2D eigenvalue weighted by atomic mass is 32.2. The zero-order valence-electron chi connectivity index (χ0n) is 18.7. The first-order chi connectivity index (χ1) is 14.2. The van der Waals surface area contributed by atoms with Crippen molar-refractivity contribution in [1.82, 2.24) is 14.9 Å². The summed E-state index contributed by atoms with van der Waals surface area (Å²) in [5, 5.41) is 2.85. The second kappa shape index (κ2) is 13.4. The Balaban J connectivity index is 2.38. The summed E-state index contributed by atoms with van der Waals surface area (Å²) in [5.74, 6) is -0.0454. The van der Waals surface area contributed by atoms with Crippen molar-refractivity contribution in [2.45, 2.75) is 78.1 Å². The number of carbonyl (C=O) groups excluding carboxylic acids is 2. The van der Waals surface area contributed by atoms with E-state index in [1.54, 1.807) is 26.0 Å². The quantitative estimate of drug-likeness (QED) is 0.466. The number of hydrogen-bond donors (Lipinski definition) is 2. The lowest BCUT2D eigenvalue weighted by Gasteiger charge is -2.21. The number of hydrogen-bond acceptors (Lipinski definition) is 4. The van der Waals surface area contributed by atoms with Crippen LogP contribution in [0.2, 0.25) is 0 Å². The molecule has 0 aliphatic heterocycles. The Hall–Kier alpha value is -1.93. The highest BCUT2D eigenvalue weighted by molar-refractivity contribution is 7.88. The Bertz CT molecular complexity index is 755. The molecular formula is C22H37N3O4S. The number of nitrogens with zero attached hydrogens (tertiary/aromatic N) is 1. The second-order valence-electron chi connectivity index (χ2n) is 7.86.